The highest BCUT2D eigenvalue weighted by molar-refractivity contribution is 8.00. The molecule has 2 unspecified atom stereocenters. The van der Waals surface area contributed by atoms with Crippen molar-refractivity contribution in [3.05, 3.63) is 17.5 Å². The van der Waals surface area contributed by atoms with Crippen molar-refractivity contribution in [1.82, 2.24) is 15.1 Å². The Labute approximate surface area is 99.8 Å². The van der Waals surface area contributed by atoms with E-state index >= 15 is 0 Å². The minimum atomic E-state index is 0.102. The number of aromatic amines is 1. The molecule has 5 heteroatoms. The van der Waals surface area contributed by atoms with Gasteiger partial charge in [0.15, 0.2) is 0 Å². The molecule has 1 N–H and O–H groups in total. The first-order chi connectivity index (χ1) is 7.58. The van der Waals surface area contributed by atoms with Crippen molar-refractivity contribution in [3.8, 4) is 0 Å². The summed E-state index contributed by atoms with van der Waals surface area (Å²) < 4.78 is 0. The van der Waals surface area contributed by atoms with Crippen molar-refractivity contribution in [2.24, 2.45) is 0 Å². The van der Waals surface area contributed by atoms with E-state index in [2.05, 4.69) is 24.0 Å². The Bertz CT molecular complexity index is 380. The van der Waals surface area contributed by atoms with E-state index in [1.165, 1.54) is 0 Å². The van der Waals surface area contributed by atoms with E-state index in [9.17, 15) is 4.79 Å². The molecule has 1 aliphatic heterocycles. The van der Waals surface area contributed by atoms with Crippen LogP contribution in [-0.2, 0) is 0 Å². The highest BCUT2D eigenvalue weighted by Crippen LogP contribution is 2.25. The number of nitrogens with zero attached hydrogens (tertiary/aromatic N) is 2. The molecule has 88 valence electrons. The summed E-state index contributed by atoms with van der Waals surface area (Å²) in [6.45, 7) is 7.88. The lowest BCUT2D eigenvalue weighted by atomic mass is 10.2. The molecule has 2 atom stereocenters. The topological polar surface area (TPSA) is 49.0 Å². The predicted octanol–water partition coefficient (Wildman–Crippen LogP) is 1.68. The van der Waals surface area contributed by atoms with Crippen LogP contribution in [0.3, 0.4) is 0 Å². The first kappa shape index (κ1) is 11.5. The van der Waals surface area contributed by atoms with Gasteiger partial charge < -0.3 is 4.90 Å². The van der Waals surface area contributed by atoms with E-state index in [0.29, 0.717) is 16.1 Å². The van der Waals surface area contributed by atoms with E-state index in [0.717, 1.165) is 18.8 Å². The summed E-state index contributed by atoms with van der Waals surface area (Å²) in [6, 6.07) is 0. The Balaban J connectivity index is 2.13. The molecule has 0 aliphatic carbocycles. The quantitative estimate of drug-likeness (QED) is 0.811. The zero-order chi connectivity index (χ0) is 11.7. The molecule has 0 spiro atoms. The zero-order valence-corrected chi connectivity index (χ0v) is 10.7. The molecule has 1 saturated heterocycles. The minimum absolute atomic E-state index is 0.102. The molecule has 1 aliphatic rings. The van der Waals surface area contributed by atoms with Gasteiger partial charge in [0.2, 0.25) is 0 Å². The Morgan fingerprint density at radius 2 is 2.12 bits per heavy atom. The van der Waals surface area contributed by atoms with Crippen molar-refractivity contribution >= 4 is 17.7 Å². The number of carbonyl (C=O) groups excluding carboxylic acids is 1. The molecule has 0 saturated carbocycles. The van der Waals surface area contributed by atoms with Gasteiger partial charge in [-0.25, -0.2) is 0 Å². The first-order valence-electron chi connectivity index (χ1n) is 5.52. The number of carbonyl (C=O) groups is 1. The van der Waals surface area contributed by atoms with Gasteiger partial charge in [-0.3, -0.25) is 9.89 Å². The van der Waals surface area contributed by atoms with Gasteiger partial charge in [-0.15, -0.1) is 0 Å². The number of hydrogen-bond acceptors (Lipinski definition) is 3. The normalized spacial score (nSPS) is 25.8. The predicted molar refractivity (Wildman–Crippen MR) is 65.7 cm³/mol. The van der Waals surface area contributed by atoms with Gasteiger partial charge in [0.1, 0.15) is 0 Å². The second-order valence-corrected chi connectivity index (χ2v) is 6.26. The van der Waals surface area contributed by atoms with Crippen LogP contribution in [-0.4, -0.2) is 44.6 Å². The number of aryl methyl sites for hydroxylation is 1. The summed E-state index contributed by atoms with van der Waals surface area (Å²) in [6.07, 6.45) is 1.62. The van der Waals surface area contributed by atoms with Crippen LogP contribution in [0.5, 0.6) is 0 Å². The molecule has 4 nitrogen and oxygen atoms in total. The van der Waals surface area contributed by atoms with Crippen molar-refractivity contribution in [2.75, 3.05) is 13.1 Å². The van der Waals surface area contributed by atoms with Gasteiger partial charge >= 0.3 is 0 Å². The van der Waals surface area contributed by atoms with Crippen LogP contribution in [0.1, 0.15) is 29.9 Å². The lowest BCUT2D eigenvalue weighted by Crippen LogP contribution is -2.44. The molecule has 0 bridgehead atoms. The number of hydrogen-bond donors (Lipinski definition) is 1. The van der Waals surface area contributed by atoms with Gasteiger partial charge in [-0.05, 0) is 6.92 Å². The Morgan fingerprint density at radius 1 is 1.50 bits per heavy atom. The van der Waals surface area contributed by atoms with Gasteiger partial charge in [0.25, 0.3) is 5.91 Å². The van der Waals surface area contributed by atoms with E-state index in [1.807, 2.05) is 23.6 Å². The number of amides is 1. The van der Waals surface area contributed by atoms with Crippen LogP contribution in [0.25, 0.3) is 0 Å². The molecule has 1 fully saturated rings. The Hall–Kier alpha value is -0.970. The number of thioether (sulfide) groups is 1. The van der Waals surface area contributed by atoms with E-state index in [-0.39, 0.29) is 5.91 Å². The summed E-state index contributed by atoms with van der Waals surface area (Å²) in [5, 5.41) is 7.73. The molecule has 0 aromatic carbocycles. The maximum atomic E-state index is 12.2. The molecular weight excluding hydrogens is 222 g/mol. The lowest BCUT2D eigenvalue weighted by molar-refractivity contribution is 0.0752. The van der Waals surface area contributed by atoms with Crippen molar-refractivity contribution < 1.29 is 4.79 Å². The van der Waals surface area contributed by atoms with E-state index in [4.69, 9.17) is 0 Å². The van der Waals surface area contributed by atoms with Crippen molar-refractivity contribution in [1.29, 1.82) is 0 Å². The summed E-state index contributed by atoms with van der Waals surface area (Å²) >= 11 is 1.95. The second-order valence-electron chi connectivity index (χ2n) is 4.38. The molecular formula is C11H17N3OS. The summed E-state index contributed by atoms with van der Waals surface area (Å²) in [7, 11) is 0. The molecule has 2 heterocycles. The maximum absolute atomic E-state index is 12.2. The number of rotatable bonds is 1. The third-order valence-electron chi connectivity index (χ3n) is 2.77. The van der Waals surface area contributed by atoms with Crippen LogP contribution in [0.15, 0.2) is 6.20 Å². The maximum Gasteiger partial charge on any atom is 0.257 e. The average molecular weight is 239 g/mol. The SMILES string of the molecule is Cc1[nH]ncc1C(=O)N1CC(C)SC(C)C1. The third-order valence-corrected chi connectivity index (χ3v) is 3.99. The average Bonchev–Trinajstić information content (AvgIpc) is 2.62. The van der Waals surface area contributed by atoms with Crippen molar-refractivity contribution in [2.45, 2.75) is 31.3 Å². The fourth-order valence-corrected chi connectivity index (χ4v) is 3.41. The van der Waals surface area contributed by atoms with Gasteiger partial charge in [0.05, 0.1) is 11.8 Å². The van der Waals surface area contributed by atoms with Crippen LogP contribution in [0.4, 0.5) is 0 Å². The van der Waals surface area contributed by atoms with Crippen LogP contribution >= 0.6 is 11.8 Å². The highest BCUT2D eigenvalue weighted by Gasteiger charge is 2.27. The van der Waals surface area contributed by atoms with Crippen molar-refractivity contribution in [3.63, 3.8) is 0 Å². The highest BCUT2D eigenvalue weighted by atomic mass is 32.2. The van der Waals surface area contributed by atoms with E-state index in [1.54, 1.807) is 6.20 Å². The van der Waals surface area contributed by atoms with Gasteiger partial charge in [0, 0.05) is 29.3 Å². The molecule has 1 aromatic heterocycles. The van der Waals surface area contributed by atoms with Crippen LogP contribution in [0.2, 0.25) is 0 Å². The fourth-order valence-electron chi connectivity index (χ4n) is 2.08. The number of nitrogens with one attached hydrogen (secondary N) is 1. The third kappa shape index (κ3) is 2.24. The van der Waals surface area contributed by atoms with Crippen LogP contribution < -0.4 is 0 Å². The lowest BCUT2D eigenvalue weighted by Gasteiger charge is -2.34. The Morgan fingerprint density at radius 3 is 2.62 bits per heavy atom. The fraction of sp³-hybridized carbons (Fsp3) is 0.636. The minimum Gasteiger partial charge on any atom is -0.336 e. The first-order valence-corrected chi connectivity index (χ1v) is 6.47. The largest absolute Gasteiger partial charge is 0.336 e. The summed E-state index contributed by atoms with van der Waals surface area (Å²) in [5.41, 5.74) is 1.55. The van der Waals surface area contributed by atoms with E-state index < -0.39 is 0 Å². The smallest absolute Gasteiger partial charge is 0.257 e. The number of aromatic nitrogens is 2. The molecule has 16 heavy (non-hydrogen) atoms. The summed E-state index contributed by atoms with van der Waals surface area (Å²) in [5.74, 6) is 0.102. The monoisotopic (exact) mass is 239 g/mol. The zero-order valence-electron chi connectivity index (χ0n) is 9.86. The Kier molecular flexibility index (Phi) is 3.23. The molecule has 1 amide bonds. The second kappa shape index (κ2) is 4.49. The standard InChI is InChI=1S/C11H17N3OS/c1-7-5-14(6-8(2)16-7)11(15)10-4-12-13-9(10)3/h4,7-8H,5-6H2,1-3H3,(H,12,13). The molecule has 0 radical (unpaired) electrons. The summed E-state index contributed by atoms with van der Waals surface area (Å²) in [4.78, 5) is 14.2. The van der Waals surface area contributed by atoms with Gasteiger partial charge in [-0.1, -0.05) is 13.8 Å². The molecule has 2 rings (SSSR count). The van der Waals surface area contributed by atoms with Gasteiger partial charge in [-0.2, -0.15) is 16.9 Å². The van der Waals surface area contributed by atoms with Crippen LogP contribution in [0, 0.1) is 6.92 Å². The molecule has 1 aromatic rings. The number of H-pyrrole nitrogens is 1.